The summed E-state index contributed by atoms with van der Waals surface area (Å²) in [5.74, 6) is -0.510. The van der Waals surface area contributed by atoms with Crippen LogP contribution < -0.4 is 10.6 Å². The summed E-state index contributed by atoms with van der Waals surface area (Å²) in [6.45, 7) is 8.54. The van der Waals surface area contributed by atoms with Gasteiger partial charge in [-0.05, 0) is 58.4 Å². The Kier molecular flexibility index (Phi) is 5.32. The quantitative estimate of drug-likeness (QED) is 0.799. The fourth-order valence-corrected chi connectivity index (χ4v) is 1.60. The summed E-state index contributed by atoms with van der Waals surface area (Å²) in [4.78, 5) is 23.2. The van der Waals surface area contributed by atoms with Crippen molar-refractivity contribution in [2.75, 3.05) is 10.6 Å². The average molecular weight is 294 g/mol. The number of carbonyl (C=O) groups is 2. The molecule has 0 radical (unpaired) electrons. The fourth-order valence-electron chi connectivity index (χ4n) is 1.60. The zero-order valence-corrected chi connectivity index (χ0v) is 13.0. The molecule has 0 saturated carbocycles. The lowest BCUT2D eigenvalue weighted by Gasteiger charge is -2.20. The molecule has 1 rings (SSSR count). The number of carbonyl (C=O) groups excluding carboxylic acids is 2. The van der Waals surface area contributed by atoms with Crippen LogP contribution in [0, 0.1) is 6.92 Å². The van der Waals surface area contributed by atoms with Crippen molar-refractivity contribution in [2.45, 2.75) is 46.3 Å². The van der Waals surface area contributed by atoms with Gasteiger partial charge in [0.05, 0.1) is 0 Å². The second-order valence-electron chi connectivity index (χ2n) is 5.88. The normalized spacial score (nSPS) is 12.5. The van der Waals surface area contributed by atoms with Crippen molar-refractivity contribution in [3.8, 4) is 0 Å². The van der Waals surface area contributed by atoms with Crippen LogP contribution in [0.4, 0.5) is 16.2 Å². The molecule has 116 valence electrons. The molecular formula is C15H22N2O4. The third-order valence-corrected chi connectivity index (χ3v) is 2.37. The first kappa shape index (κ1) is 17.0. The van der Waals surface area contributed by atoms with E-state index in [0.29, 0.717) is 11.4 Å². The lowest BCUT2D eigenvalue weighted by molar-refractivity contribution is -0.123. The summed E-state index contributed by atoms with van der Waals surface area (Å²) < 4.78 is 5.16. The molecule has 0 aromatic heterocycles. The van der Waals surface area contributed by atoms with Crippen molar-refractivity contribution >= 4 is 23.4 Å². The highest BCUT2D eigenvalue weighted by molar-refractivity contribution is 5.95. The third-order valence-electron chi connectivity index (χ3n) is 2.37. The number of hydrogen-bond donors (Lipinski definition) is 3. The maximum atomic E-state index is 11.7. The maximum Gasteiger partial charge on any atom is 0.412 e. The Morgan fingerprint density at radius 1 is 1.14 bits per heavy atom. The molecule has 2 amide bonds. The largest absolute Gasteiger partial charge is 0.444 e. The lowest BCUT2D eigenvalue weighted by Crippen LogP contribution is -2.27. The number of nitrogens with one attached hydrogen (secondary N) is 2. The van der Waals surface area contributed by atoms with Crippen LogP contribution in [0.5, 0.6) is 0 Å². The molecule has 1 aromatic carbocycles. The van der Waals surface area contributed by atoms with Crippen LogP contribution in [0.1, 0.15) is 33.3 Å². The molecule has 6 heteroatoms. The van der Waals surface area contributed by atoms with E-state index in [0.717, 1.165) is 5.56 Å². The number of rotatable bonds is 3. The molecule has 0 aliphatic heterocycles. The summed E-state index contributed by atoms with van der Waals surface area (Å²) in [6.07, 6.45) is -1.67. The molecule has 6 nitrogen and oxygen atoms in total. The molecule has 0 aliphatic rings. The predicted molar refractivity (Wildman–Crippen MR) is 81.3 cm³/mol. The van der Waals surface area contributed by atoms with Crippen LogP contribution in [-0.4, -0.2) is 28.8 Å². The van der Waals surface area contributed by atoms with E-state index in [1.807, 2.05) is 6.92 Å². The van der Waals surface area contributed by atoms with Gasteiger partial charge in [0.15, 0.2) is 0 Å². The minimum Gasteiger partial charge on any atom is -0.444 e. The maximum absolute atomic E-state index is 11.7. The zero-order valence-electron chi connectivity index (χ0n) is 13.0. The zero-order chi connectivity index (χ0) is 16.2. The minimum absolute atomic E-state index is 0.493. The number of aliphatic hydroxyl groups is 1. The number of aryl methyl sites for hydroxylation is 1. The third kappa shape index (κ3) is 6.27. The van der Waals surface area contributed by atoms with E-state index in [-0.39, 0.29) is 0 Å². The minimum atomic E-state index is -1.10. The van der Waals surface area contributed by atoms with Gasteiger partial charge in [-0.15, -0.1) is 0 Å². The Balaban J connectivity index is 2.82. The van der Waals surface area contributed by atoms with Gasteiger partial charge in [0.25, 0.3) is 5.91 Å². The first-order valence-corrected chi connectivity index (χ1v) is 6.67. The van der Waals surface area contributed by atoms with E-state index in [9.17, 15) is 14.7 Å². The predicted octanol–water partition coefficient (Wildman–Crippen LogP) is 2.66. The van der Waals surface area contributed by atoms with Gasteiger partial charge in [-0.1, -0.05) is 0 Å². The van der Waals surface area contributed by atoms with Crippen molar-refractivity contribution in [2.24, 2.45) is 0 Å². The van der Waals surface area contributed by atoms with Crippen LogP contribution in [-0.2, 0) is 9.53 Å². The summed E-state index contributed by atoms with van der Waals surface area (Å²) >= 11 is 0. The summed E-state index contributed by atoms with van der Waals surface area (Å²) in [5.41, 5.74) is 1.26. The van der Waals surface area contributed by atoms with Gasteiger partial charge in [-0.3, -0.25) is 10.1 Å². The van der Waals surface area contributed by atoms with Gasteiger partial charge in [0.2, 0.25) is 0 Å². The van der Waals surface area contributed by atoms with Gasteiger partial charge >= 0.3 is 6.09 Å². The average Bonchev–Trinajstić information content (AvgIpc) is 2.24. The van der Waals surface area contributed by atoms with Crippen molar-refractivity contribution in [3.63, 3.8) is 0 Å². The first-order chi connectivity index (χ1) is 9.56. The second kappa shape index (κ2) is 6.58. The molecule has 1 unspecified atom stereocenters. The van der Waals surface area contributed by atoms with Gasteiger partial charge < -0.3 is 15.2 Å². The smallest absolute Gasteiger partial charge is 0.412 e. The van der Waals surface area contributed by atoms with Crippen LogP contribution in [0.2, 0.25) is 0 Å². The molecular weight excluding hydrogens is 272 g/mol. The fraction of sp³-hybridized carbons (Fsp3) is 0.467. The Labute approximate surface area is 124 Å². The second-order valence-corrected chi connectivity index (χ2v) is 5.88. The first-order valence-electron chi connectivity index (χ1n) is 6.67. The number of benzene rings is 1. The molecule has 0 aliphatic carbocycles. The molecule has 0 bridgehead atoms. The molecule has 0 heterocycles. The number of anilines is 2. The molecule has 1 atom stereocenters. The van der Waals surface area contributed by atoms with Crippen molar-refractivity contribution < 1.29 is 19.4 Å². The molecule has 0 fully saturated rings. The Morgan fingerprint density at radius 2 is 1.67 bits per heavy atom. The Bertz CT molecular complexity index is 533. The van der Waals surface area contributed by atoms with Gasteiger partial charge in [-0.25, -0.2) is 4.79 Å². The highest BCUT2D eigenvalue weighted by Gasteiger charge is 2.16. The number of aliphatic hydroxyl groups excluding tert-OH is 1. The van der Waals surface area contributed by atoms with Crippen LogP contribution in [0.15, 0.2) is 18.2 Å². The molecule has 0 saturated heterocycles. The van der Waals surface area contributed by atoms with E-state index in [1.165, 1.54) is 6.92 Å². The van der Waals surface area contributed by atoms with E-state index < -0.39 is 23.7 Å². The van der Waals surface area contributed by atoms with Crippen LogP contribution in [0.3, 0.4) is 0 Å². The van der Waals surface area contributed by atoms with Crippen molar-refractivity contribution in [3.05, 3.63) is 23.8 Å². The van der Waals surface area contributed by atoms with Crippen LogP contribution in [0.25, 0.3) is 0 Å². The van der Waals surface area contributed by atoms with Gasteiger partial charge in [-0.2, -0.15) is 0 Å². The highest BCUT2D eigenvalue weighted by Crippen LogP contribution is 2.20. The lowest BCUT2D eigenvalue weighted by atomic mass is 10.2. The van der Waals surface area contributed by atoms with E-state index in [2.05, 4.69) is 10.6 Å². The summed E-state index contributed by atoms with van der Waals surface area (Å²) in [7, 11) is 0. The number of hydrogen-bond acceptors (Lipinski definition) is 4. The topological polar surface area (TPSA) is 87.7 Å². The van der Waals surface area contributed by atoms with E-state index in [4.69, 9.17) is 4.74 Å². The van der Waals surface area contributed by atoms with Crippen molar-refractivity contribution in [1.82, 2.24) is 0 Å². The Hall–Kier alpha value is -2.08. The SMILES string of the molecule is Cc1cc(NC(=O)OC(C)(C)C)cc(NC(=O)C(C)O)c1. The molecule has 3 N–H and O–H groups in total. The highest BCUT2D eigenvalue weighted by atomic mass is 16.6. The number of ether oxygens (including phenoxy) is 1. The molecule has 0 spiro atoms. The van der Waals surface area contributed by atoms with Crippen molar-refractivity contribution in [1.29, 1.82) is 0 Å². The molecule has 21 heavy (non-hydrogen) atoms. The monoisotopic (exact) mass is 294 g/mol. The van der Waals surface area contributed by atoms with E-state index in [1.54, 1.807) is 39.0 Å². The van der Waals surface area contributed by atoms with Gasteiger partial charge in [0, 0.05) is 11.4 Å². The number of amides is 2. The standard InChI is InChI=1S/C15H22N2O4/c1-9-6-11(16-13(19)10(2)18)8-12(7-9)17-14(20)21-15(3,4)5/h6-8,10,18H,1-5H3,(H,16,19)(H,17,20). The summed E-state index contributed by atoms with van der Waals surface area (Å²) in [6, 6.07) is 5.08. The molecule has 1 aromatic rings. The Morgan fingerprint density at radius 3 is 2.14 bits per heavy atom. The summed E-state index contributed by atoms with van der Waals surface area (Å²) in [5, 5.41) is 14.4. The van der Waals surface area contributed by atoms with E-state index >= 15 is 0 Å². The van der Waals surface area contributed by atoms with Crippen LogP contribution >= 0.6 is 0 Å². The van der Waals surface area contributed by atoms with Gasteiger partial charge in [0.1, 0.15) is 11.7 Å².